The standard InChI is InChI=1S/C17H24N2O2/c1-2-7-18-17(13-4-3-8-21-11-13)12-5-6-15-14(9-12)10-16(20)19-15/h5-6,9,13,17-18H,2-4,7-8,10-11H2,1H3,(H,19,20). The van der Waals surface area contributed by atoms with Gasteiger partial charge in [-0.25, -0.2) is 0 Å². The Morgan fingerprint density at radius 2 is 2.38 bits per heavy atom. The molecule has 0 aliphatic carbocycles. The van der Waals surface area contributed by atoms with Crippen molar-refractivity contribution in [2.45, 2.75) is 38.6 Å². The summed E-state index contributed by atoms with van der Waals surface area (Å²) in [6.07, 6.45) is 3.97. The van der Waals surface area contributed by atoms with Crippen LogP contribution in [-0.2, 0) is 16.0 Å². The minimum absolute atomic E-state index is 0.0983. The first kappa shape index (κ1) is 14.5. The van der Waals surface area contributed by atoms with Gasteiger partial charge in [0, 0.05) is 24.3 Å². The van der Waals surface area contributed by atoms with Crippen molar-refractivity contribution in [2.24, 2.45) is 5.92 Å². The second kappa shape index (κ2) is 6.58. The van der Waals surface area contributed by atoms with E-state index in [-0.39, 0.29) is 5.91 Å². The number of fused-ring (bicyclic) bond motifs is 1. The smallest absolute Gasteiger partial charge is 0.228 e. The number of ether oxygens (including phenoxy) is 1. The summed E-state index contributed by atoms with van der Waals surface area (Å²) in [7, 11) is 0. The Morgan fingerprint density at radius 1 is 1.48 bits per heavy atom. The molecule has 1 saturated heterocycles. The van der Waals surface area contributed by atoms with Crippen molar-refractivity contribution in [3.05, 3.63) is 29.3 Å². The van der Waals surface area contributed by atoms with Crippen LogP contribution in [0.2, 0.25) is 0 Å². The summed E-state index contributed by atoms with van der Waals surface area (Å²) < 4.78 is 5.67. The van der Waals surface area contributed by atoms with E-state index >= 15 is 0 Å². The molecule has 21 heavy (non-hydrogen) atoms. The van der Waals surface area contributed by atoms with Crippen LogP contribution in [0.5, 0.6) is 0 Å². The molecule has 0 radical (unpaired) electrons. The molecule has 2 aliphatic rings. The molecule has 4 nitrogen and oxygen atoms in total. The molecule has 0 spiro atoms. The molecule has 2 aliphatic heterocycles. The first-order valence-electron chi connectivity index (χ1n) is 8.01. The monoisotopic (exact) mass is 288 g/mol. The van der Waals surface area contributed by atoms with E-state index in [1.165, 1.54) is 12.0 Å². The van der Waals surface area contributed by atoms with Crippen molar-refractivity contribution in [1.29, 1.82) is 0 Å². The molecule has 2 N–H and O–H groups in total. The predicted octanol–water partition coefficient (Wildman–Crippen LogP) is 2.65. The number of amides is 1. The summed E-state index contributed by atoms with van der Waals surface area (Å²) in [6.45, 7) is 4.91. The Bertz CT molecular complexity index is 510. The van der Waals surface area contributed by atoms with Crippen LogP contribution in [0.25, 0.3) is 0 Å². The number of hydrogen-bond acceptors (Lipinski definition) is 3. The van der Waals surface area contributed by atoms with Crippen molar-refractivity contribution >= 4 is 11.6 Å². The van der Waals surface area contributed by atoms with Crippen molar-refractivity contribution in [1.82, 2.24) is 5.32 Å². The van der Waals surface area contributed by atoms with Gasteiger partial charge in [0.1, 0.15) is 0 Å². The number of anilines is 1. The van der Waals surface area contributed by atoms with Gasteiger partial charge in [-0.05, 0) is 43.0 Å². The van der Waals surface area contributed by atoms with E-state index in [1.54, 1.807) is 0 Å². The zero-order valence-corrected chi connectivity index (χ0v) is 12.7. The molecular weight excluding hydrogens is 264 g/mol. The molecule has 4 heteroatoms. The van der Waals surface area contributed by atoms with Gasteiger partial charge in [0.15, 0.2) is 0 Å². The lowest BCUT2D eigenvalue weighted by Gasteiger charge is -2.31. The molecule has 1 aromatic carbocycles. The normalized spacial score (nSPS) is 22.7. The lowest BCUT2D eigenvalue weighted by Crippen LogP contribution is -2.33. The number of benzene rings is 1. The van der Waals surface area contributed by atoms with Gasteiger partial charge in [-0.2, -0.15) is 0 Å². The van der Waals surface area contributed by atoms with Crippen LogP contribution in [0.4, 0.5) is 5.69 Å². The molecule has 1 fully saturated rings. The van der Waals surface area contributed by atoms with E-state index < -0.39 is 0 Å². The van der Waals surface area contributed by atoms with Crippen molar-refractivity contribution < 1.29 is 9.53 Å². The fraction of sp³-hybridized carbons (Fsp3) is 0.588. The number of nitrogens with one attached hydrogen (secondary N) is 2. The molecule has 2 heterocycles. The van der Waals surface area contributed by atoms with Gasteiger partial charge < -0.3 is 15.4 Å². The summed E-state index contributed by atoms with van der Waals surface area (Å²) >= 11 is 0. The second-order valence-electron chi connectivity index (χ2n) is 6.05. The molecule has 0 aromatic heterocycles. The average molecular weight is 288 g/mol. The summed E-state index contributed by atoms with van der Waals surface area (Å²) in [5, 5.41) is 6.57. The van der Waals surface area contributed by atoms with Gasteiger partial charge in [0.05, 0.1) is 13.0 Å². The third-order valence-electron chi connectivity index (χ3n) is 4.39. The second-order valence-corrected chi connectivity index (χ2v) is 6.05. The van der Waals surface area contributed by atoms with Gasteiger partial charge in [0.2, 0.25) is 5.91 Å². The summed E-state index contributed by atoms with van der Waals surface area (Å²) in [5.74, 6) is 0.620. The highest BCUT2D eigenvalue weighted by atomic mass is 16.5. The largest absolute Gasteiger partial charge is 0.381 e. The van der Waals surface area contributed by atoms with E-state index in [4.69, 9.17) is 4.74 Å². The van der Waals surface area contributed by atoms with E-state index in [9.17, 15) is 4.79 Å². The quantitative estimate of drug-likeness (QED) is 0.876. The Morgan fingerprint density at radius 3 is 3.14 bits per heavy atom. The van der Waals surface area contributed by atoms with Crippen molar-refractivity contribution in [3.8, 4) is 0 Å². The van der Waals surface area contributed by atoms with Crippen LogP contribution in [0.15, 0.2) is 18.2 Å². The van der Waals surface area contributed by atoms with Crippen molar-refractivity contribution in [2.75, 3.05) is 25.1 Å². The molecule has 114 valence electrons. The molecule has 0 bridgehead atoms. The molecule has 2 unspecified atom stereocenters. The molecular formula is C17H24N2O2. The van der Waals surface area contributed by atoms with E-state index in [2.05, 4.69) is 29.7 Å². The number of carbonyl (C=O) groups is 1. The van der Waals surface area contributed by atoms with Gasteiger partial charge in [0.25, 0.3) is 0 Å². The molecule has 3 rings (SSSR count). The topological polar surface area (TPSA) is 50.4 Å². The Kier molecular flexibility index (Phi) is 4.56. The SMILES string of the molecule is CCCNC(c1ccc2c(c1)CC(=O)N2)C1CCCOC1. The van der Waals surface area contributed by atoms with Crippen LogP contribution in [0.1, 0.15) is 43.4 Å². The van der Waals surface area contributed by atoms with Crippen LogP contribution in [0, 0.1) is 5.92 Å². The average Bonchev–Trinajstić information content (AvgIpc) is 2.88. The number of hydrogen-bond donors (Lipinski definition) is 2. The highest BCUT2D eigenvalue weighted by Gasteiger charge is 2.27. The maximum Gasteiger partial charge on any atom is 0.228 e. The molecule has 2 atom stereocenters. The third-order valence-corrected chi connectivity index (χ3v) is 4.39. The number of rotatable bonds is 5. The Labute approximate surface area is 126 Å². The van der Waals surface area contributed by atoms with Crippen LogP contribution in [0.3, 0.4) is 0 Å². The lowest BCUT2D eigenvalue weighted by atomic mass is 9.87. The third kappa shape index (κ3) is 3.27. The molecule has 1 amide bonds. The van der Waals surface area contributed by atoms with Gasteiger partial charge >= 0.3 is 0 Å². The zero-order chi connectivity index (χ0) is 14.7. The summed E-state index contributed by atoms with van der Waals surface area (Å²) in [6, 6.07) is 6.70. The fourth-order valence-corrected chi connectivity index (χ4v) is 3.33. The van der Waals surface area contributed by atoms with Crippen LogP contribution >= 0.6 is 0 Å². The molecule has 1 aromatic rings. The van der Waals surface area contributed by atoms with Crippen molar-refractivity contribution in [3.63, 3.8) is 0 Å². The molecule has 0 saturated carbocycles. The Balaban J connectivity index is 1.82. The lowest BCUT2D eigenvalue weighted by molar-refractivity contribution is -0.115. The minimum atomic E-state index is 0.0983. The first-order valence-corrected chi connectivity index (χ1v) is 8.01. The van der Waals surface area contributed by atoms with Gasteiger partial charge in [-0.1, -0.05) is 19.1 Å². The highest BCUT2D eigenvalue weighted by Crippen LogP contribution is 2.32. The van der Waals surface area contributed by atoms with Crippen LogP contribution in [-0.4, -0.2) is 25.7 Å². The maximum absolute atomic E-state index is 11.5. The van der Waals surface area contributed by atoms with E-state index in [0.717, 1.165) is 43.9 Å². The van der Waals surface area contributed by atoms with Gasteiger partial charge in [-0.3, -0.25) is 4.79 Å². The first-order chi connectivity index (χ1) is 10.3. The Hall–Kier alpha value is -1.39. The van der Waals surface area contributed by atoms with Gasteiger partial charge in [-0.15, -0.1) is 0 Å². The van der Waals surface area contributed by atoms with E-state index in [1.807, 2.05) is 6.07 Å². The van der Waals surface area contributed by atoms with Crippen LogP contribution < -0.4 is 10.6 Å². The summed E-state index contributed by atoms with van der Waals surface area (Å²) in [4.78, 5) is 11.5. The zero-order valence-electron chi connectivity index (χ0n) is 12.7. The predicted molar refractivity (Wildman–Crippen MR) is 83.4 cm³/mol. The highest BCUT2D eigenvalue weighted by molar-refractivity contribution is 5.99. The number of carbonyl (C=O) groups excluding carboxylic acids is 1. The summed E-state index contributed by atoms with van der Waals surface area (Å²) in [5.41, 5.74) is 3.38. The van der Waals surface area contributed by atoms with E-state index in [0.29, 0.717) is 18.4 Å². The maximum atomic E-state index is 11.5. The fourth-order valence-electron chi connectivity index (χ4n) is 3.33. The minimum Gasteiger partial charge on any atom is -0.381 e.